The first-order chi connectivity index (χ1) is 15.8. The minimum absolute atomic E-state index is 0.0248. The lowest BCUT2D eigenvalue weighted by Crippen LogP contribution is -2.16. The summed E-state index contributed by atoms with van der Waals surface area (Å²) in [5.41, 5.74) is -0.990. The van der Waals surface area contributed by atoms with E-state index >= 15 is 0 Å². The maximum absolute atomic E-state index is 13.5. The largest absolute Gasteiger partial charge is 0.508 e. The number of aliphatic hydroxyl groups excluding tert-OH is 1. The number of sulfonamides is 1. The fourth-order valence-corrected chi connectivity index (χ4v) is 3.99. The Bertz CT molecular complexity index is 1360. The number of phenols is 1. The second-order valence-electron chi connectivity index (χ2n) is 7.12. The number of carbonyl (C=O) groups is 1. The van der Waals surface area contributed by atoms with E-state index in [1.807, 2.05) is 0 Å². The van der Waals surface area contributed by atoms with E-state index in [2.05, 4.69) is 5.32 Å². The number of benzene rings is 3. The number of anilines is 1. The van der Waals surface area contributed by atoms with Crippen molar-refractivity contribution in [2.45, 2.75) is 17.7 Å². The number of nitrogens with one attached hydrogen (secondary N) is 1. The Morgan fingerprint density at radius 3 is 2.32 bits per heavy atom. The molecule has 0 aliphatic heterocycles. The van der Waals surface area contributed by atoms with Gasteiger partial charge in [0.15, 0.2) is 0 Å². The molecule has 8 nitrogen and oxygen atoms in total. The molecule has 0 heterocycles. The fourth-order valence-electron chi connectivity index (χ4n) is 3.31. The van der Waals surface area contributed by atoms with Gasteiger partial charge in [-0.3, -0.25) is 4.79 Å². The van der Waals surface area contributed by atoms with Gasteiger partial charge in [0.05, 0.1) is 19.3 Å². The molecule has 3 rings (SSSR count). The van der Waals surface area contributed by atoms with Gasteiger partial charge in [-0.05, 0) is 59.2 Å². The molecule has 5 N–H and O–H groups in total. The number of methoxy groups -OCH3 is 1. The van der Waals surface area contributed by atoms with Gasteiger partial charge in [0.1, 0.15) is 16.4 Å². The number of hydrogen-bond donors (Lipinski definition) is 4. The molecule has 12 heteroatoms. The van der Waals surface area contributed by atoms with Gasteiger partial charge in [0.25, 0.3) is 5.91 Å². The highest BCUT2D eigenvalue weighted by molar-refractivity contribution is 7.89. The second-order valence-corrected chi connectivity index (χ2v) is 8.65. The molecule has 0 atom stereocenters. The number of aromatic hydroxyl groups is 1. The number of hydrogen-bond acceptors (Lipinski definition) is 6. The van der Waals surface area contributed by atoms with Gasteiger partial charge < -0.3 is 20.3 Å². The van der Waals surface area contributed by atoms with Crippen molar-refractivity contribution < 1.29 is 41.3 Å². The van der Waals surface area contributed by atoms with E-state index in [0.717, 1.165) is 18.2 Å². The van der Waals surface area contributed by atoms with Gasteiger partial charge in [-0.25, -0.2) is 13.6 Å². The van der Waals surface area contributed by atoms with Crippen LogP contribution in [0.5, 0.6) is 11.5 Å². The fraction of sp³-hybridized carbons (Fsp3) is 0.136. The normalized spacial score (nSPS) is 11.8. The predicted molar refractivity (Wildman–Crippen MR) is 117 cm³/mol. The predicted octanol–water partition coefficient (Wildman–Crippen LogP) is 3.48. The highest BCUT2D eigenvalue weighted by atomic mass is 32.2. The number of amides is 1. The molecule has 0 unspecified atom stereocenters. The molecule has 3 aromatic rings. The van der Waals surface area contributed by atoms with Gasteiger partial charge in [-0.1, -0.05) is 12.1 Å². The number of halogens is 3. The van der Waals surface area contributed by atoms with E-state index in [1.165, 1.54) is 37.4 Å². The van der Waals surface area contributed by atoms with Crippen LogP contribution in [0.2, 0.25) is 0 Å². The highest BCUT2D eigenvalue weighted by Gasteiger charge is 2.34. The molecule has 34 heavy (non-hydrogen) atoms. The first-order valence-corrected chi connectivity index (χ1v) is 11.1. The van der Waals surface area contributed by atoms with Gasteiger partial charge >= 0.3 is 6.18 Å². The summed E-state index contributed by atoms with van der Waals surface area (Å²) in [7, 11) is -2.88. The van der Waals surface area contributed by atoms with Crippen LogP contribution in [0.1, 0.15) is 21.5 Å². The molecule has 0 spiro atoms. The van der Waals surface area contributed by atoms with E-state index in [9.17, 15) is 36.6 Å². The lowest BCUT2D eigenvalue weighted by molar-refractivity contribution is -0.137. The molecule has 0 aliphatic carbocycles. The van der Waals surface area contributed by atoms with E-state index in [0.29, 0.717) is 6.07 Å². The second kappa shape index (κ2) is 9.33. The molecule has 0 bridgehead atoms. The smallest absolute Gasteiger partial charge is 0.417 e. The van der Waals surface area contributed by atoms with E-state index in [-0.39, 0.29) is 38.6 Å². The first kappa shape index (κ1) is 25.0. The van der Waals surface area contributed by atoms with Crippen molar-refractivity contribution in [3.05, 3.63) is 71.3 Å². The molecule has 3 aromatic carbocycles. The highest BCUT2D eigenvalue weighted by Crippen LogP contribution is 2.40. The van der Waals surface area contributed by atoms with Crippen LogP contribution in [-0.4, -0.2) is 31.6 Å². The Labute approximate surface area is 192 Å². The molecule has 1 amide bonds. The molecule has 0 aromatic heterocycles. The average Bonchev–Trinajstić information content (AvgIpc) is 2.77. The van der Waals surface area contributed by atoms with Crippen LogP contribution in [0.15, 0.2) is 59.5 Å². The third kappa shape index (κ3) is 5.30. The lowest BCUT2D eigenvalue weighted by atomic mass is 9.94. The van der Waals surface area contributed by atoms with Crippen molar-refractivity contribution in [1.29, 1.82) is 0 Å². The summed E-state index contributed by atoms with van der Waals surface area (Å²) in [6.07, 6.45) is -4.75. The van der Waals surface area contributed by atoms with Crippen LogP contribution in [0, 0.1) is 0 Å². The van der Waals surface area contributed by atoms with E-state index in [1.54, 1.807) is 0 Å². The van der Waals surface area contributed by atoms with Crippen molar-refractivity contribution in [3.8, 4) is 22.6 Å². The summed E-state index contributed by atoms with van der Waals surface area (Å²) in [5.74, 6) is -1.38. The summed E-state index contributed by atoms with van der Waals surface area (Å²) >= 11 is 0. The quantitative estimate of drug-likeness (QED) is 0.412. The molecule has 0 aliphatic rings. The minimum Gasteiger partial charge on any atom is -0.508 e. The summed E-state index contributed by atoms with van der Waals surface area (Å²) < 4.78 is 68.6. The Morgan fingerprint density at radius 2 is 1.74 bits per heavy atom. The zero-order chi connectivity index (χ0) is 25.3. The maximum atomic E-state index is 13.5. The number of primary sulfonamides is 1. The van der Waals surface area contributed by atoms with Crippen LogP contribution in [-0.2, 0) is 22.8 Å². The molecule has 180 valence electrons. The molecule has 0 saturated heterocycles. The molecule has 0 radical (unpaired) electrons. The zero-order valence-corrected chi connectivity index (χ0v) is 18.4. The monoisotopic (exact) mass is 496 g/mol. The Morgan fingerprint density at radius 1 is 1.06 bits per heavy atom. The van der Waals surface area contributed by atoms with Crippen LogP contribution < -0.4 is 15.2 Å². The molecular formula is C22H19F3N2O6S. The maximum Gasteiger partial charge on any atom is 0.417 e. The number of rotatable bonds is 6. The Balaban J connectivity index is 1.96. The summed E-state index contributed by atoms with van der Waals surface area (Å²) in [6.45, 7) is -0.631. The number of nitrogens with two attached hydrogens (primary N) is 1. The summed E-state index contributed by atoms with van der Waals surface area (Å²) in [6, 6.07) is 10.2. The van der Waals surface area contributed by atoms with E-state index in [4.69, 9.17) is 9.88 Å². The zero-order valence-electron chi connectivity index (χ0n) is 17.6. The molecule has 0 saturated carbocycles. The number of ether oxygens (including phenoxy) is 1. The number of phenolic OH excluding ortho intramolecular Hbond substituents is 1. The number of aliphatic hydroxyl groups is 1. The van der Waals surface area contributed by atoms with Gasteiger partial charge in [0, 0.05) is 11.3 Å². The number of alkyl halides is 3. The Kier molecular flexibility index (Phi) is 6.87. The minimum atomic E-state index is -4.75. The Hall–Kier alpha value is -3.61. The van der Waals surface area contributed by atoms with Crippen molar-refractivity contribution in [1.82, 2.24) is 0 Å². The standard InChI is InChI=1S/C22H19F3N2O6S/c1-33-19-9-12(2-7-20(19)34(26,31)32)21(30)27-14-3-5-16(13(8-14)11-28)17-6-4-15(29)10-18(17)22(23,24)25/h2-10,28-29H,11H2,1H3,(H,27,30)(H2,26,31,32). The van der Waals surface area contributed by atoms with Gasteiger partial charge in [0.2, 0.25) is 10.0 Å². The van der Waals surface area contributed by atoms with Crippen LogP contribution in [0.25, 0.3) is 11.1 Å². The van der Waals surface area contributed by atoms with Crippen LogP contribution in [0.3, 0.4) is 0 Å². The van der Waals surface area contributed by atoms with Crippen LogP contribution >= 0.6 is 0 Å². The van der Waals surface area contributed by atoms with E-state index < -0.39 is 40.0 Å². The van der Waals surface area contributed by atoms with Gasteiger partial charge in [-0.2, -0.15) is 13.2 Å². The SMILES string of the molecule is COc1cc(C(=O)Nc2ccc(-c3ccc(O)cc3C(F)(F)F)c(CO)c2)ccc1S(N)(=O)=O. The lowest BCUT2D eigenvalue weighted by Gasteiger charge is -2.17. The van der Waals surface area contributed by atoms with Crippen molar-refractivity contribution in [2.75, 3.05) is 12.4 Å². The number of carbonyl (C=O) groups excluding carboxylic acids is 1. The van der Waals surface area contributed by atoms with Gasteiger partial charge in [-0.15, -0.1) is 0 Å². The van der Waals surface area contributed by atoms with Crippen molar-refractivity contribution >= 4 is 21.6 Å². The topological polar surface area (TPSA) is 139 Å². The molecule has 0 fully saturated rings. The average molecular weight is 496 g/mol. The molecular weight excluding hydrogens is 477 g/mol. The van der Waals surface area contributed by atoms with Crippen LogP contribution in [0.4, 0.5) is 18.9 Å². The van der Waals surface area contributed by atoms with Crippen molar-refractivity contribution in [3.63, 3.8) is 0 Å². The third-order valence-corrected chi connectivity index (χ3v) is 5.81. The summed E-state index contributed by atoms with van der Waals surface area (Å²) in [5, 5.41) is 26.9. The third-order valence-electron chi connectivity index (χ3n) is 4.86. The first-order valence-electron chi connectivity index (χ1n) is 9.51. The van der Waals surface area contributed by atoms with Crippen molar-refractivity contribution in [2.24, 2.45) is 5.14 Å². The summed E-state index contributed by atoms with van der Waals surface area (Å²) in [4.78, 5) is 12.3.